The molecule has 1 aliphatic rings. The monoisotopic (exact) mass is 526 g/mol. The van der Waals surface area contributed by atoms with Crippen LogP contribution in [0.4, 0.5) is 14.6 Å². The van der Waals surface area contributed by atoms with Crippen LogP contribution in [0.1, 0.15) is 24.5 Å². The first-order chi connectivity index (χ1) is 18.2. The van der Waals surface area contributed by atoms with Crippen molar-refractivity contribution in [2.75, 3.05) is 32.4 Å². The molecule has 11 heteroatoms. The maximum absolute atomic E-state index is 13.1. The van der Waals surface area contributed by atoms with Crippen LogP contribution in [0, 0.1) is 0 Å². The average molecular weight is 527 g/mol. The number of pyridine rings is 2. The highest BCUT2D eigenvalue weighted by molar-refractivity contribution is 5.85. The molecule has 1 unspecified atom stereocenters. The van der Waals surface area contributed by atoms with Gasteiger partial charge in [0.15, 0.2) is 5.43 Å². The number of nitrogens with zero attached hydrogens (tertiary/aromatic N) is 3. The van der Waals surface area contributed by atoms with Crippen molar-refractivity contribution in [1.29, 1.82) is 0 Å². The van der Waals surface area contributed by atoms with E-state index in [1.807, 2.05) is 31.2 Å². The number of carbonyl (C=O) groups is 2. The fraction of sp³-hybridized carbons (Fsp3) is 0.407. The summed E-state index contributed by atoms with van der Waals surface area (Å²) in [4.78, 5) is 43.8. The van der Waals surface area contributed by atoms with E-state index in [1.54, 1.807) is 21.6 Å². The number of fused-ring (bicyclic) bond motifs is 1. The van der Waals surface area contributed by atoms with E-state index in [0.29, 0.717) is 42.8 Å². The molecule has 4 N–H and O–H groups in total. The van der Waals surface area contributed by atoms with Gasteiger partial charge in [0.25, 0.3) is 6.43 Å². The molecule has 2 amide bonds. The lowest BCUT2D eigenvalue weighted by atomic mass is 10.0. The SMILES string of the molecule is CCn1c(N)c(CC(=O)NC)c(=O)c2ccc(-c3ccc(CC(=O)NC4CCN(CC(F)F)C4)cc3)nc21. The summed E-state index contributed by atoms with van der Waals surface area (Å²) < 4.78 is 26.9. The normalized spacial score (nSPS) is 15.8. The van der Waals surface area contributed by atoms with E-state index >= 15 is 0 Å². The van der Waals surface area contributed by atoms with Crippen molar-refractivity contribution in [2.24, 2.45) is 0 Å². The fourth-order valence-corrected chi connectivity index (χ4v) is 4.86. The van der Waals surface area contributed by atoms with Gasteiger partial charge in [0, 0.05) is 43.9 Å². The number of rotatable bonds is 9. The van der Waals surface area contributed by atoms with Gasteiger partial charge in [-0.15, -0.1) is 0 Å². The molecule has 0 saturated carbocycles. The Bertz CT molecular complexity index is 1390. The smallest absolute Gasteiger partial charge is 0.251 e. The number of amides is 2. The van der Waals surface area contributed by atoms with E-state index in [0.717, 1.165) is 11.1 Å². The van der Waals surface area contributed by atoms with Gasteiger partial charge in [0.2, 0.25) is 11.8 Å². The lowest BCUT2D eigenvalue weighted by molar-refractivity contribution is -0.121. The summed E-state index contributed by atoms with van der Waals surface area (Å²) in [5, 5.41) is 5.83. The first kappa shape index (κ1) is 27.2. The van der Waals surface area contributed by atoms with Crippen LogP contribution < -0.4 is 21.8 Å². The molecule has 0 bridgehead atoms. The van der Waals surface area contributed by atoms with Crippen LogP contribution in [0.15, 0.2) is 41.2 Å². The van der Waals surface area contributed by atoms with Crippen LogP contribution in [-0.2, 0) is 29.0 Å². The van der Waals surface area contributed by atoms with Gasteiger partial charge >= 0.3 is 0 Å². The lowest BCUT2D eigenvalue weighted by Gasteiger charge is -2.16. The highest BCUT2D eigenvalue weighted by atomic mass is 19.3. The highest BCUT2D eigenvalue weighted by Gasteiger charge is 2.25. The van der Waals surface area contributed by atoms with E-state index < -0.39 is 6.43 Å². The number of likely N-dealkylation sites (tertiary alicyclic amines) is 1. The Hall–Kier alpha value is -3.86. The van der Waals surface area contributed by atoms with E-state index in [1.165, 1.54) is 7.05 Å². The van der Waals surface area contributed by atoms with Crippen molar-refractivity contribution in [3.05, 3.63) is 57.7 Å². The van der Waals surface area contributed by atoms with Crippen LogP contribution in [0.5, 0.6) is 0 Å². The Morgan fingerprint density at radius 2 is 1.87 bits per heavy atom. The Morgan fingerprint density at radius 3 is 2.53 bits per heavy atom. The molecule has 38 heavy (non-hydrogen) atoms. The molecular formula is C27H32F2N6O3. The Balaban J connectivity index is 1.49. The summed E-state index contributed by atoms with van der Waals surface area (Å²) >= 11 is 0. The maximum atomic E-state index is 13.1. The van der Waals surface area contributed by atoms with Crippen LogP contribution >= 0.6 is 0 Å². The number of carbonyl (C=O) groups excluding carboxylic acids is 2. The van der Waals surface area contributed by atoms with Crippen LogP contribution in [-0.4, -0.2) is 65.4 Å². The molecule has 1 aliphatic heterocycles. The molecule has 2 aromatic heterocycles. The van der Waals surface area contributed by atoms with Crippen molar-refractivity contribution in [3.8, 4) is 11.3 Å². The Kier molecular flexibility index (Phi) is 8.35. The lowest BCUT2D eigenvalue weighted by Crippen LogP contribution is -2.38. The van der Waals surface area contributed by atoms with Crippen molar-refractivity contribution in [3.63, 3.8) is 0 Å². The third-order valence-electron chi connectivity index (χ3n) is 6.83. The number of aromatic nitrogens is 2. The van der Waals surface area contributed by atoms with E-state index in [9.17, 15) is 23.2 Å². The summed E-state index contributed by atoms with van der Waals surface area (Å²) in [5.41, 5.74) is 8.89. The zero-order chi connectivity index (χ0) is 27.4. The molecule has 9 nitrogen and oxygen atoms in total. The molecule has 202 valence electrons. The number of alkyl halides is 2. The zero-order valence-corrected chi connectivity index (χ0v) is 21.5. The number of hydrogen-bond donors (Lipinski definition) is 3. The number of hydrogen-bond acceptors (Lipinski definition) is 6. The predicted octanol–water partition coefficient (Wildman–Crippen LogP) is 1.95. The molecular weight excluding hydrogens is 494 g/mol. The summed E-state index contributed by atoms with van der Waals surface area (Å²) in [6, 6.07) is 10.7. The highest BCUT2D eigenvalue weighted by Crippen LogP contribution is 2.23. The number of likely N-dealkylation sites (N-methyl/N-ethyl adjacent to an activating group) is 1. The number of nitrogens with one attached hydrogen (secondary N) is 2. The zero-order valence-electron chi connectivity index (χ0n) is 21.5. The maximum Gasteiger partial charge on any atom is 0.251 e. The standard InChI is InChI=1S/C27H32F2N6O3/c1-3-35-26(30)20(13-23(36)31-2)25(38)19-8-9-21(33-27(19)35)17-6-4-16(5-7-17)12-24(37)32-18-10-11-34(14-18)15-22(28)29/h4-9,18,22H,3,10-15,30H2,1-2H3,(H,31,36)(H,32,37). The summed E-state index contributed by atoms with van der Waals surface area (Å²) in [6.07, 6.45) is -1.65. The van der Waals surface area contributed by atoms with Crippen molar-refractivity contribution < 1.29 is 18.4 Å². The first-order valence-electron chi connectivity index (χ1n) is 12.6. The molecule has 3 heterocycles. The topological polar surface area (TPSA) is 122 Å². The molecule has 1 atom stereocenters. The summed E-state index contributed by atoms with van der Waals surface area (Å²) in [6.45, 7) is 3.07. The fourth-order valence-electron chi connectivity index (χ4n) is 4.86. The number of halogens is 2. The van der Waals surface area contributed by atoms with E-state index in [4.69, 9.17) is 10.7 Å². The van der Waals surface area contributed by atoms with Crippen molar-refractivity contribution in [1.82, 2.24) is 25.1 Å². The first-order valence-corrected chi connectivity index (χ1v) is 12.6. The average Bonchev–Trinajstić information content (AvgIpc) is 3.32. The minimum absolute atomic E-state index is 0.109. The third kappa shape index (κ3) is 5.99. The molecule has 1 aromatic carbocycles. The van der Waals surface area contributed by atoms with Gasteiger partial charge in [-0.3, -0.25) is 19.3 Å². The third-order valence-corrected chi connectivity index (χ3v) is 6.83. The quantitative estimate of drug-likeness (QED) is 0.392. The minimum atomic E-state index is -2.38. The second kappa shape index (κ2) is 11.7. The van der Waals surface area contributed by atoms with E-state index in [-0.39, 0.29) is 54.1 Å². The van der Waals surface area contributed by atoms with Gasteiger partial charge in [-0.2, -0.15) is 0 Å². The van der Waals surface area contributed by atoms with Crippen LogP contribution in [0.3, 0.4) is 0 Å². The second-order valence-corrected chi connectivity index (χ2v) is 9.43. The molecule has 4 rings (SSSR count). The molecule has 0 spiro atoms. The van der Waals surface area contributed by atoms with Gasteiger partial charge < -0.3 is 20.9 Å². The van der Waals surface area contributed by atoms with Crippen molar-refractivity contribution in [2.45, 2.75) is 45.2 Å². The van der Waals surface area contributed by atoms with E-state index in [2.05, 4.69) is 10.6 Å². The van der Waals surface area contributed by atoms with Gasteiger partial charge in [0.05, 0.1) is 30.5 Å². The van der Waals surface area contributed by atoms with Gasteiger partial charge in [-0.1, -0.05) is 24.3 Å². The molecule has 0 aliphatic carbocycles. The molecule has 3 aromatic rings. The minimum Gasteiger partial charge on any atom is -0.385 e. The van der Waals surface area contributed by atoms with Gasteiger partial charge in [-0.05, 0) is 31.0 Å². The molecule has 0 radical (unpaired) electrons. The van der Waals surface area contributed by atoms with Crippen LogP contribution in [0.2, 0.25) is 0 Å². The Labute approximate surface area is 219 Å². The number of nitrogen functional groups attached to an aromatic ring is 1. The van der Waals surface area contributed by atoms with Crippen molar-refractivity contribution >= 4 is 28.7 Å². The Morgan fingerprint density at radius 1 is 1.13 bits per heavy atom. The summed E-state index contributed by atoms with van der Waals surface area (Å²) in [5.74, 6) is -0.231. The number of benzene rings is 1. The number of nitrogens with two attached hydrogens (primary N) is 1. The number of aryl methyl sites for hydroxylation is 1. The number of anilines is 1. The largest absolute Gasteiger partial charge is 0.385 e. The van der Waals surface area contributed by atoms with Crippen LogP contribution in [0.25, 0.3) is 22.3 Å². The second-order valence-electron chi connectivity index (χ2n) is 9.43. The molecule has 1 saturated heterocycles. The van der Waals surface area contributed by atoms with Gasteiger partial charge in [-0.25, -0.2) is 13.8 Å². The molecule has 1 fully saturated rings. The summed E-state index contributed by atoms with van der Waals surface area (Å²) in [7, 11) is 1.51. The van der Waals surface area contributed by atoms with Gasteiger partial charge in [0.1, 0.15) is 11.5 Å². The predicted molar refractivity (Wildman–Crippen MR) is 142 cm³/mol.